The van der Waals surface area contributed by atoms with Gasteiger partial charge >= 0.3 is 0 Å². The van der Waals surface area contributed by atoms with Gasteiger partial charge in [-0.1, -0.05) is 18.5 Å². The standard InChI is InChI=1S/C14H19ClN2O2S.ClH/c1-2-20-13-6-3-9(15)7-11(13)17-14(18)12-5-4-10(8-16)19-12;/h3,6-7,10,12H,2,4-5,8,16H2,1H3,(H,17,18);1H/t10-,12+;/m1./s1. The molecular weight excluding hydrogens is 331 g/mol. The minimum absolute atomic E-state index is 0. The zero-order valence-corrected chi connectivity index (χ0v) is 14.2. The van der Waals surface area contributed by atoms with Gasteiger partial charge in [0.05, 0.1) is 11.8 Å². The maximum atomic E-state index is 12.2. The summed E-state index contributed by atoms with van der Waals surface area (Å²) in [5.41, 5.74) is 6.30. The fraction of sp³-hybridized carbons (Fsp3) is 0.500. The topological polar surface area (TPSA) is 64.4 Å². The summed E-state index contributed by atoms with van der Waals surface area (Å²) in [6.45, 7) is 2.52. The smallest absolute Gasteiger partial charge is 0.253 e. The lowest BCUT2D eigenvalue weighted by Crippen LogP contribution is -2.30. The second-order valence-corrected chi connectivity index (χ2v) is 6.36. The van der Waals surface area contributed by atoms with Crippen molar-refractivity contribution in [2.24, 2.45) is 5.73 Å². The van der Waals surface area contributed by atoms with Gasteiger partial charge < -0.3 is 15.8 Å². The van der Waals surface area contributed by atoms with E-state index in [1.165, 1.54) is 0 Å². The maximum Gasteiger partial charge on any atom is 0.253 e. The summed E-state index contributed by atoms with van der Waals surface area (Å²) in [6, 6.07) is 5.52. The lowest BCUT2D eigenvalue weighted by atomic mass is 10.2. The van der Waals surface area contributed by atoms with E-state index >= 15 is 0 Å². The molecule has 1 saturated heterocycles. The van der Waals surface area contributed by atoms with Gasteiger partial charge in [0.1, 0.15) is 6.10 Å². The Morgan fingerprint density at radius 2 is 2.29 bits per heavy atom. The highest BCUT2D eigenvalue weighted by Crippen LogP contribution is 2.30. The van der Waals surface area contributed by atoms with E-state index in [0.29, 0.717) is 18.0 Å². The van der Waals surface area contributed by atoms with Crippen LogP contribution < -0.4 is 11.1 Å². The first-order valence-electron chi connectivity index (χ1n) is 6.72. The van der Waals surface area contributed by atoms with Crippen LogP contribution in [0.15, 0.2) is 23.1 Å². The van der Waals surface area contributed by atoms with Crippen molar-refractivity contribution in [1.29, 1.82) is 0 Å². The highest BCUT2D eigenvalue weighted by atomic mass is 35.5. The quantitative estimate of drug-likeness (QED) is 0.799. The largest absolute Gasteiger partial charge is 0.364 e. The monoisotopic (exact) mass is 350 g/mol. The average molecular weight is 351 g/mol. The van der Waals surface area contributed by atoms with Crippen LogP contribution in [0.2, 0.25) is 5.02 Å². The van der Waals surface area contributed by atoms with E-state index in [0.717, 1.165) is 22.8 Å². The molecule has 0 aliphatic carbocycles. The number of amides is 1. The Kier molecular flexibility index (Phi) is 7.84. The zero-order chi connectivity index (χ0) is 14.5. The number of nitrogens with two attached hydrogens (primary N) is 1. The van der Waals surface area contributed by atoms with Gasteiger partial charge in [0.2, 0.25) is 0 Å². The SMILES string of the molecule is CCSc1ccc(Cl)cc1NC(=O)[C@@H]1CC[C@H](CN)O1.Cl. The van der Waals surface area contributed by atoms with Crippen molar-refractivity contribution in [3.63, 3.8) is 0 Å². The molecule has 2 rings (SSSR count). The molecule has 1 amide bonds. The van der Waals surface area contributed by atoms with E-state index in [4.69, 9.17) is 22.1 Å². The van der Waals surface area contributed by atoms with E-state index in [9.17, 15) is 4.79 Å². The van der Waals surface area contributed by atoms with Crippen LogP contribution in [0.4, 0.5) is 5.69 Å². The first kappa shape index (κ1) is 18.6. The molecule has 0 radical (unpaired) electrons. The summed E-state index contributed by atoms with van der Waals surface area (Å²) in [5.74, 6) is 0.806. The second kappa shape index (κ2) is 8.86. The molecule has 3 N–H and O–H groups in total. The molecule has 2 atom stereocenters. The van der Waals surface area contributed by atoms with Crippen LogP contribution in [0.1, 0.15) is 19.8 Å². The Bertz CT molecular complexity index is 488. The Hall–Kier alpha value is -0.460. The number of carbonyl (C=O) groups is 1. The summed E-state index contributed by atoms with van der Waals surface area (Å²) in [4.78, 5) is 13.2. The van der Waals surface area contributed by atoms with Crippen LogP contribution in [-0.2, 0) is 9.53 Å². The van der Waals surface area contributed by atoms with Crippen molar-refractivity contribution >= 4 is 47.4 Å². The fourth-order valence-corrected chi connectivity index (χ4v) is 3.08. The number of nitrogens with one attached hydrogen (secondary N) is 1. The van der Waals surface area contributed by atoms with Gasteiger partial charge in [-0.2, -0.15) is 0 Å². The summed E-state index contributed by atoms with van der Waals surface area (Å²) in [7, 11) is 0. The number of hydrogen-bond acceptors (Lipinski definition) is 4. The molecule has 0 bridgehead atoms. The van der Waals surface area contributed by atoms with Crippen molar-refractivity contribution in [1.82, 2.24) is 0 Å². The van der Waals surface area contributed by atoms with E-state index in [1.54, 1.807) is 17.8 Å². The third-order valence-corrected chi connectivity index (χ3v) is 4.35. The predicted molar refractivity (Wildman–Crippen MR) is 90.7 cm³/mol. The normalized spacial score (nSPS) is 20.9. The van der Waals surface area contributed by atoms with Gasteiger partial charge in [-0.25, -0.2) is 0 Å². The molecule has 1 heterocycles. The van der Waals surface area contributed by atoms with Gasteiger partial charge in [-0.3, -0.25) is 4.79 Å². The van der Waals surface area contributed by atoms with Gasteiger partial charge in [0.15, 0.2) is 0 Å². The fourth-order valence-electron chi connectivity index (χ4n) is 2.17. The molecule has 4 nitrogen and oxygen atoms in total. The highest BCUT2D eigenvalue weighted by Gasteiger charge is 2.30. The van der Waals surface area contributed by atoms with Crippen LogP contribution in [0.5, 0.6) is 0 Å². The molecule has 0 unspecified atom stereocenters. The molecule has 1 fully saturated rings. The molecule has 0 saturated carbocycles. The Morgan fingerprint density at radius 1 is 1.52 bits per heavy atom. The lowest BCUT2D eigenvalue weighted by molar-refractivity contribution is -0.126. The predicted octanol–water partition coefficient (Wildman–Crippen LogP) is 3.32. The summed E-state index contributed by atoms with van der Waals surface area (Å²) in [5, 5.41) is 3.52. The van der Waals surface area contributed by atoms with Crippen LogP contribution >= 0.6 is 35.8 Å². The zero-order valence-electron chi connectivity index (χ0n) is 11.8. The Labute approximate surface area is 140 Å². The van der Waals surface area contributed by atoms with E-state index in [2.05, 4.69) is 12.2 Å². The van der Waals surface area contributed by atoms with Crippen molar-refractivity contribution in [3.05, 3.63) is 23.2 Å². The number of rotatable bonds is 5. The average Bonchev–Trinajstić information content (AvgIpc) is 2.91. The summed E-state index contributed by atoms with van der Waals surface area (Å²) >= 11 is 7.66. The number of ether oxygens (including phenoxy) is 1. The third-order valence-electron chi connectivity index (χ3n) is 3.16. The van der Waals surface area contributed by atoms with Crippen LogP contribution in [0.3, 0.4) is 0 Å². The van der Waals surface area contributed by atoms with Gasteiger partial charge in [0.25, 0.3) is 5.91 Å². The number of benzene rings is 1. The Morgan fingerprint density at radius 3 is 2.90 bits per heavy atom. The first-order chi connectivity index (χ1) is 9.63. The van der Waals surface area contributed by atoms with E-state index in [1.807, 2.05) is 12.1 Å². The van der Waals surface area contributed by atoms with Crippen molar-refractivity contribution < 1.29 is 9.53 Å². The van der Waals surface area contributed by atoms with Crippen LogP contribution in [0, 0.1) is 0 Å². The molecule has 118 valence electrons. The molecule has 0 aromatic heterocycles. The maximum absolute atomic E-state index is 12.2. The van der Waals surface area contributed by atoms with Crippen LogP contribution in [-0.4, -0.2) is 30.4 Å². The van der Waals surface area contributed by atoms with Crippen LogP contribution in [0.25, 0.3) is 0 Å². The van der Waals surface area contributed by atoms with Gasteiger partial charge in [-0.15, -0.1) is 24.2 Å². The number of carbonyl (C=O) groups excluding carboxylic acids is 1. The second-order valence-electron chi connectivity index (χ2n) is 4.62. The lowest BCUT2D eigenvalue weighted by Gasteiger charge is -2.15. The van der Waals surface area contributed by atoms with Gasteiger partial charge in [-0.05, 0) is 36.8 Å². The Balaban J connectivity index is 0.00000220. The minimum atomic E-state index is -0.415. The molecule has 1 aliphatic heterocycles. The summed E-state index contributed by atoms with van der Waals surface area (Å²) in [6.07, 6.45) is 1.13. The molecular formula is C14H20Cl2N2O2S. The minimum Gasteiger partial charge on any atom is -0.364 e. The van der Waals surface area contributed by atoms with E-state index in [-0.39, 0.29) is 24.4 Å². The van der Waals surface area contributed by atoms with Crippen molar-refractivity contribution in [3.8, 4) is 0 Å². The van der Waals surface area contributed by atoms with Crippen molar-refractivity contribution in [2.75, 3.05) is 17.6 Å². The van der Waals surface area contributed by atoms with Crippen molar-refractivity contribution in [2.45, 2.75) is 36.9 Å². The molecule has 0 spiro atoms. The molecule has 1 aromatic rings. The first-order valence-corrected chi connectivity index (χ1v) is 8.09. The molecule has 7 heteroatoms. The molecule has 1 aliphatic rings. The number of hydrogen-bond donors (Lipinski definition) is 2. The highest BCUT2D eigenvalue weighted by molar-refractivity contribution is 7.99. The van der Waals surface area contributed by atoms with Gasteiger partial charge in [0, 0.05) is 16.5 Å². The molecule has 21 heavy (non-hydrogen) atoms. The number of anilines is 1. The third kappa shape index (κ3) is 5.04. The molecule has 1 aromatic carbocycles. The summed E-state index contributed by atoms with van der Waals surface area (Å²) < 4.78 is 5.60. The number of thioether (sulfide) groups is 1. The van der Waals surface area contributed by atoms with E-state index < -0.39 is 6.10 Å². The number of halogens is 2.